The predicted molar refractivity (Wildman–Crippen MR) is 104 cm³/mol. The van der Waals surface area contributed by atoms with Gasteiger partial charge in [-0.2, -0.15) is 0 Å². The van der Waals surface area contributed by atoms with Crippen LogP contribution in [0.3, 0.4) is 0 Å². The highest BCUT2D eigenvalue weighted by Crippen LogP contribution is 2.30. The van der Waals surface area contributed by atoms with Crippen molar-refractivity contribution in [3.05, 3.63) is 75.6 Å². The summed E-state index contributed by atoms with van der Waals surface area (Å²) < 4.78 is 2.01. The van der Waals surface area contributed by atoms with Crippen LogP contribution in [-0.2, 0) is 17.6 Å². The fourth-order valence-electron chi connectivity index (χ4n) is 3.68. The fourth-order valence-corrected chi connectivity index (χ4v) is 3.68. The maximum atomic E-state index is 12.8. The largest absolute Gasteiger partial charge is 0.369 e. The molecule has 4 rings (SSSR count). The molecule has 0 radical (unpaired) electrons. The van der Waals surface area contributed by atoms with Crippen molar-refractivity contribution in [1.82, 2.24) is 4.57 Å². The Hall–Kier alpha value is -3.41. The highest BCUT2D eigenvalue weighted by atomic mass is 16.2. The third-order valence-corrected chi connectivity index (χ3v) is 4.96. The summed E-state index contributed by atoms with van der Waals surface area (Å²) in [5, 5.41) is 3.33. The van der Waals surface area contributed by atoms with Gasteiger partial charge < -0.3 is 15.6 Å². The lowest BCUT2D eigenvalue weighted by molar-refractivity contribution is -0.117. The van der Waals surface area contributed by atoms with Crippen LogP contribution in [0.2, 0.25) is 0 Å². The molecule has 0 unspecified atom stereocenters. The average Bonchev–Trinajstić information content (AvgIpc) is 2.95. The Kier molecular flexibility index (Phi) is 4.03. The second kappa shape index (κ2) is 6.39. The van der Waals surface area contributed by atoms with Gasteiger partial charge in [0.2, 0.25) is 11.3 Å². The fraction of sp³-hybridized carbons (Fsp3) is 0.190. The number of benzene rings is 2. The van der Waals surface area contributed by atoms with E-state index >= 15 is 0 Å². The number of pyridine rings is 1. The van der Waals surface area contributed by atoms with Crippen LogP contribution in [0.5, 0.6) is 0 Å². The lowest BCUT2D eigenvalue weighted by Crippen LogP contribution is -2.23. The van der Waals surface area contributed by atoms with E-state index in [1.807, 2.05) is 16.7 Å². The number of hydrogen-bond acceptors (Lipinski definition) is 3. The predicted octanol–water partition coefficient (Wildman–Crippen LogP) is 2.40. The minimum atomic E-state index is -0.446. The van der Waals surface area contributed by atoms with Crippen LogP contribution in [0.25, 0.3) is 10.9 Å². The van der Waals surface area contributed by atoms with E-state index in [9.17, 15) is 14.4 Å². The van der Waals surface area contributed by atoms with Gasteiger partial charge in [0.25, 0.3) is 5.91 Å². The SMILES string of the molecule is C[C@@H]1Cc2cccc3c(=O)c(C(=O)Nc4ccc(CC(N)=O)cc4)cn1c23. The van der Waals surface area contributed by atoms with Crippen molar-refractivity contribution < 1.29 is 9.59 Å². The molecule has 0 saturated carbocycles. The number of carbonyl (C=O) groups is 2. The number of carbonyl (C=O) groups excluding carboxylic acids is 2. The van der Waals surface area contributed by atoms with Crippen LogP contribution >= 0.6 is 0 Å². The van der Waals surface area contributed by atoms with E-state index in [2.05, 4.69) is 12.2 Å². The van der Waals surface area contributed by atoms with Gasteiger partial charge >= 0.3 is 0 Å². The molecule has 1 aromatic heterocycles. The Bertz CT molecular complexity index is 1130. The first-order chi connectivity index (χ1) is 12.9. The number of nitrogens with two attached hydrogens (primary N) is 1. The van der Waals surface area contributed by atoms with E-state index < -0.39 is 11.8 Å². The molecule has 1 aliphatic heterocycles. The molecule has 136 valence electrons. The highest BCUT2D eigenvalue weighted by Gasteiger charge is 2.24. The van der Waals surface area contributed by atoms with Gasteiger partial charge in [-0.15, -0.1) is 0 Å². The molecule has 1 atom stereocenters. The minimum Gasteiger partial charge on any atom is -0.369 e. The Balaban J connectivity index is 1.67. The summed E-state index contributed by atoms with van der Waals surface area (Å²) in [4.78, 5) is 36.6. The van der Waals surface area contributed by atoms with Crippen LogP contribution < -0.4 is 16.5 Å². The highest BCUT2D eigenvalue weighted by molar-refractivity contribution is 6.06. The summed E-state index contributed by atoms with van der Waals surface area (Å²) >= 11 is 0. The Morgan fingerprint density at radius 2 is 1.93 bits per heavy atom. The first-order valence-corrected chi connectivity index (χ1v) is 8.79. The molecule has 0 fully saturated rings. The summed E-state index contributed by atoms with van der Waals surface area (Å²) in [6, 6.07) is 12.7. The molecule has 2 aromatic carbocycles. The Morgan fingerprint density at radius 1 is 1.19 bits per heavy atom. The van der Waals surface area contributed by atoms with Gasteiger partial charge in [-0.3, -0.25) is 14.4 Å². The smallest absolute Gasteiger partial charge is 0.261 e. The molecule has 2 heterocycles. The van der Waals surface area contributed by atoms with E-state index in [0.29, 0.717) is 11.1 Å². The monoisotopic (exact) mass is 361 g/mol. The van der Waals surface area contributed by atoms with Crippen molar-refractivity contribution in [1.29, 1.82) is 0 Å². The van der Waals surface area contributed by atoms with Crippen LogP contribution in [0, 0.1) is 0 Å². The van der Waals surface area contributed by atoms with Gasteiger partial charge in [0.1, 0.15) is 5.56 Å². The van der Waals surface area contributed by atoms with E-state index in [1.54, 1.807) is 36.5 Å². The molecule has 1 aliphatic rings. The molecular weight excluding hydrogens is 342 g/mol. The first-order valence-electron chi connectivity index (χ1n) is 8.79. The van der Waals surface area contributed by atoms with Crippen LogP contribution in [0.4, 0.5) is 5.69 Å². The summed E-state index contributed by atoms with van der Waals surface area (Å²) in [5.41, 5.74) is 8.40. The second-order valence-corrected chi connectivity index (χ2v) is 6.94. The average molecular weight is 361 g/mol. The van der Waals surface area contributed by atoms with Crippen molar-refractivity contribution >= 4 is 28.4 Å². The molecule has 0 saturated heterocycles. The summed E-state index contributed by atoms with van der Waals surface area (Å²) in [6.07, 6.45) is 2.65. The van der Waals surface area contributed by atoms with Gasteiger partial charge in [0.15, 0.2) is 0 Å². The zero-order valence-corrected chi connectivity index (χ0v) is 14.9. The standard InChI is InChI=1S/C21H19N3O3/c1-12-9-14-3-2-4-16-19(14)24(12)11-17(20(16)26)21(27)23-15-7-5-13(6-8-15)10-18(22)25/h2-8,11-12H,9-10H2,1H3,(H2,22,25)(H,23,27)/t12-/m1/s1. The first kappa shape index (κ1) is 17.0. The number of hydrogen-bond donors (Lipinski definition) is 2. The van der Waals surface area contributed by atoms with Gasteiger partial charge in [-0.1, -0.05) is 24.3 Å². The van der Waals surface area contributed by atoms with Crippen LogP contribution in [0.15, 0.2) is 53.5 Å². The Morgan fingerprint density at radius 3 is 2.63 bits per heavy atom. The van der Waals surface area contributed by atoms with Crippen molar-refractivity contribution in [2.24, 2.45) is 5.73 Å². The van der Waals surface area contributed by atoms with Gasteiger partial charge in [-0.25, -0.2) is 0 Å². The maximum absolute atomic E-state index is 12.8. The third kappa shape index (κ3) is 2.99. The number of nitrogens with one attached hydrogen (secondary N) is 1. The zero-order chi connectivity index (χ0) is 19.1. The summed E-state index contributed by atoms with van der Waals surface area (Å²) in [7, 11) is 0. The van der Waals surface area contributed by atoms with Crippen molar-refractivity contribution in [3.63, 3.8) is 0 Å². The topological polar surface area (TPSA) is 94.2 Å². The Labute approximate surface area is 155 Å². The van der Waals surface area contributed by atoms with Gasteiger partial charge in [0, 0.05) is 23.3 Å². The van der Waals surface area contributed by atoms with Crippen molar-refractivity contribution in [2.75, 3.05) is 5.32 Å². The quantitative estimate of drug-likeness (QED) is 0.747. The summed E-state index contributed by atoms with van der Waals surface area (Å²) in [5.74, 6) is -0.861. The molecule has 0 spiro atoms. The van der Waals surface area contributed by atoms with Crippen molar-refractivity contribution in [3.8, 4) is 0 Å². The number of anilines is 1. The number of amides is 2. The molecular formula is C21H19N3O3. The normalized spacial score (nSPS) is 15.1. The summed E-state index contributed by atoms with van der Waals surface area (Å²) in [6.45, 7) is 2.07. The molecule has 3 N–H and O–H groups in total. The number of rotatable bonds is 4. The lowest BCUT2D eigenvalue weighted by atomic mass is 10.1. The molecule has 27 heavy (non-hydrogen) atoms. The number of primary amides is 1. The van der Waals surface area contributed by atoms with E-state index in [1.165, 1.54) is 0 Å². The molecule has 0 bridgehead atoms. The number of para-hydroxylation sites is 1. The van der Waals surface area contributed by atoms with Gasteiger partial charge in [-0.05, 0) is 42.7 Å². The second-order valence-electron chi connectivity index (χ2n) is 6.94. The molecule has 3 aromatic rings. The zero-order valence-electron chi connectivity index (χ0n) is 14.9. The molecule has 6 heteroatoms. The van der Waals surface area contributed by atoms with Crippen LogP contribution in [-0.4, -0.2) is 16.4 Å². The molecule has 2 amide bonds. The van der Waals surface area contributed by atoms with Crippen LogP contribution in [0.1, 0.15) is 34.5 Å². The maximum Gasteiger partial charge on any atom is 0.261 e. The third-order valence-electron chi connectivity index (χ3n) is 4.96. The van der Waals surface area contributed by atoms with E-state index in [-0.39, 0.29) is 23.5 Å². The molecule has 6 nitrogen and oxygen atoms in total. The number of aromatic nitrogens is 1. The van der Waals surface area contributed by atoms with Gasteiger partial charge in [0.05, 0.1) is 11.9 Å². The van der Waals surface area contributed by atoms with E-state index in [4.69, 9.17) is 5.73 Å². The minimum absolute atomic E-state index is 0.120. The lowest BCUT2D eigenvalue weighted by Gasteiger charge is -2.13. The molecule has 0 aliphatic carbocycles. The van der Waals surface area contributed by atoms with E-state index in [0.717, 1.165) is 23.1 Å². The van der Waals surface area contributed by atoms with Crippen molar-refractivity contribution in [2.45, 2.75) is 25.8 Å². The number of nitrogens with zero attached hydrogens (tertiary/aromatic N) is 1.